The van der Waals surface area contributed by atoms with Crippen molar-refractivity contribution in [1.82, 2.24) is 9.55 Å². The molecule has 0 fully saturated rings. The van der Waals surface area contributed by atoms with Crippen molar-refractivity contribution in [2.75, 3.05) is 11.1 Å². The molecular formula is C21H19ClF3N3O2S. The molecule has 1 heterocycles. The fraction of sp³-hybridized carbons (Fsp3) is 0.238. The highest BCUT2D eigenvalue weighted by Crippen LogP contribution is 2.34. The van der Waals surface area contributed by atoms with Crippen molar-refractivity contribution < 1.29 is 23.1 Å². The molecule has 3 rings (SSSR count). The lowest BCUT2D eigenvalue weighted by Gasteiger charge is -2.13. The first kappa shape index (κ1) is 23.2. The first-order valence-corrected chi connectivity index (χ1v) is 10.5. The third-order valence-electron chi connectivity index (χ3n) is 4.43. The quantitative estimate of drug-likeness (QED) is 0.470. The van der Waals surface area contributed by atoms with Gasteiger partial charge in [0.2, 0.25) is 5.91 Å². The first-order valence-electron chi connectivity index (χ1n) is 9.17. The van der Waals surface area contributed by atoms with E-state index in [-0.39, 0.29) is 23.1 Å². The summed E-state index contributed by atoms with van der Waals surface area (Å²) in [4.78, 5) is 16.6. The molecule has 31 heavy (non-hydrogen) atoms. The summed E-state index contributed by atoms with van der Waals surface area (Å²) in [5, 5.41) is 12.5. The topological polar surface area (TPSA) is 67.1 Å². The fourth-order valence-corrected chi connectivity index (χ4v) is 3.75. The maximum absolute atomic E-state index is 12.9. The molecule has 0 aliphatic rings. The Morgan fingerprint density at radius 3 is 2.58 bits per heavy atom. The van der Waals surface area contributed by atoms with Gasteiger partial charge in [-0.25, -0.2) is 4.98 Å². The molecule has 164 valence electrons. The Balaban J connectivity index is 1.69. The van der Waals surface area contributed by atoms with E-state index >= 15 is 0 Å². The second-order valence-corrected chi connectivity index (χ2v) is 8.14. The van der Waals surface area contributed by atoms with E-state index in [1.54, 1.807) is 4.57 Å². The lowest BCUT2D eigenvalue weighted by atomic mass is 10.1. The number of imidazole rings is 1. The van der Waals surface area contributed by atoms with Crippen LogP contribution < -0.4 is 5.32 Å². The number of aliphatic hydroxyl groups is 1. The summed E-state index contributed by atoms with van der Waals surface area (Å²) in [5.41, 5.74) is 1.70. The van der Waals surface area contributed by atoms with Crippen LogP contribution in [0.4, 0.5) is 18.9 Å². The second-order valence-electron chi connectivity index (χ2n) is 6.79. The number of halogens is 4. The van der Waals surface area contributed by atoms with E-state index in [0.29, 0.717) is 17.4 Å². The summed E-state index contributed by atoms with van der Waals surface area (Å²) < 4.78 is 40.5. The van der Waals surface area contributed by atoms with Gasteiger partial charge in [0.25, 0.3) is 0 Å². The number of alkyl halides is 3. The molecule has 0 atom stereocenters. The van der Waals surface area contributed by atoms with Crippen molar-refractivity contribution in [1.29, 1.82) is 0 Å². The van der Waals surface area contributed by atoms with Gasteiger partial charge in [-0.1, -0.05) is 53.2 Å². The van der Waals surface area contributed by atoms with Crippen LogP contribution in [0.15, 0.2) is 53.8 Å². The van der Waals surface area contributed by atoms with E-state index < -0.39 is 17.6 Å². The summed E-state index contributed by atoms with van der Waals surface area (Å²) in [6.45, 7) is 2.22. The van der Waals surface area contributed by atoms with Crippen LogP contribution in [0.3, 0.4) is 0 Å². The summed E-state index contributed by atoms with van der Waals surface area (Å²) >= 11 is 7.04. The highest BCUT2D eigenvalue weighted by atomic mass is 35.5. The van der Waals surface area contributed by atoms with Crippen molar-refractivity contribution in [3.05, 3.63) is 76.1 Å². The minimum Gasteiger partial charge on any atom is -0.390 e. The molecule has 1 aromatic heterocycles. The predicted octanol–water partition coefficient (Wildman–Crippen LogP) is 5.14. The lowest BCUT2D eigenvalue weighted by Crippen LogP contribution is -2.16. The Kier molecular flexibility index (Phi) is 7.30. The van der Waals surface area contributed by atoms with Crippen LogP contribution in [0.25, 0.3) is 0 Å². The zero-order valence-corrected chi connectivity index (χ0v) is 18.0. The fourth-order valence-electron chi connectivity index (χ4n) is 2.79. The van der Waals surface area contributed by atoms with E-state index in [1.165, 1.54) is 6.20 Å². The van der Waals surface area contributed by atoms with Gasteiger partial charge in [-0.3, -0.25) is 4.79 Å². The summed E-state index contributed by atoms with van der Waals surface area (Å²) in [5.74, 6) is -0.621. The normalized spacial score (nSPS) is 11.5. The molecule has 0 aliphatic carbocycles. The number of anilines is 1. The number of thioether (sulfide) groups is 1. The summed E-state index contributed by atoms with van der Waals surface area (Å²) in [6, 6.07) is 10.6. The Morgan fingerprint density at radius 2 is 1.94 bits per heavy atom. The van der Waals surface area contributed by atoms with E-state index in [4.69, 9.17) is 11.6 Å². The van der Waals surface area contributed by atoms with Crippen molar-refractivity contribution >= 4 is 35.0 Å². The highest BCUT2D eigenvalue weighted by Gasteiger charge is 2.31. The molecule has 0 aliphatic heterocycles. The molecule has 0 bridgehead atoms. The van der Waals surface area contributed by atoms with Crippen LogP contribution in [0.5, 0.6) is 0 Å². The average Bonchev–Trinajstić information content (AvgIpc) is 3.10. The van der Waals surface area contributed by atoms with Crippen LogP contribution >= 0.6 is 23.4 Å². The van der Waals surface area contributed by atoms with Crippen LogP contribution in [-0.4, -0.2) is 26.3 Å². The Bertz CT molecular complexity index is 1070. The Morgan fingerprint density at radius 1 is 1.23 bits per heavy atom. The van der Waals surface area contributed by atoms with Gasteiger partial charge in [-0.2, -0.15) is 13.2 Å². The second kappa shape index (κ2) is 9.76. The van der Waals surface area contributed by atoms with E-state index in [1.807, 2.05) is 31.2 Å². The average molecular weight is 470 g/mol. The van der Waals surface area contributed by atoms with Crippen molar-refractivity contribution in [2.45, 2.75) is 31.4 Å². The van der Waals surface area contributed by atoms with Gasteiger partial charge in [0.15, 0.2) is 5.16 Å². The number of carbonyl (C=O) groups is 1. The highest BCUT2D eigenvalue weighted by molar-refractivity contribution is 7.99. The Labute approximate surface area is 186 Å². The van der Waals surface area contributed by atoms with E-state index in [0.717, 1.165) is 41.1 Å². The van der Waals surface area contributed by atoms with Crippen LogP contribution in [0, 0.1) is 6.92 Å². The van der Waals surface area contributed by atoms with Gasteiger partial charge in [0.1, 0.15) is 0 Å². The zero-order valence-electron chi connectivity index (χ0n) is 16.4. The minimum atomic E-state index is -4.54. The zero-order chi connectivity index (χ0) is 22.6. The van der Waals surface area contributed by atoms with Crippen LogP contribution in [-0.2, 0) is 24.1 Å². The van der Waals surface area contributed by atoms with E-state index in [2.05, 4.69) is 10.3 Å². The van der Waals surface area contributed by atoms with Gasteiger partial charge in [0, 0.05) is 6.54 Å². The number of amides is 1. The lowest BCUT2D eigenvalue weighted by molar-refractivity contribution is -0.137. The molecule has 0 radical (unpaired) electrons. The number of rotatable bonds is 7. The standard InChI is InChI=1S/C21H19ClF3N3O2S/c1-13-2-4-14(5-3-13)10-28-16(11-29)9-26-20(28)31-12-19(30)27-18-8-15(21(23,24)25)6-7-17(18)22/h2-9,29H,10-12H2,1H3,(H,27,30). The van der Waals surface area contributed by atoms with Gasteiger partial charge >= 0.3 is 6.18 Å². The third-order valence-corrected chi connectivity index (χ3v) is 5.75. The number of nitrogens with zero attached hydrogens (tertiary/aromatic N) is 2. The smallest absolute Gasteiger partial charge is 0.390 e. The molecule has 10 heteroatoms. The number of aryl methyl sites for hydroxylation is 1. The van der Waals surface area contributed by atoms with Crippen LogP contribution in [0.2, 0.25) is 5.02 Å². The predicted molar refractivity (Wildman–Crippen MR) is 114 cm³/mol. The summed E-state index contributed by atoms with van der Waals surface area (Å²) in [6.07, 6.45) is -3.02. The third kappa shape index (κ3) is 6.03. The molecule has 0 spiro atoms. The SMILES string of the molecule is Cc1ccc(Cn2c(CO)cnc2SCC(=O)Nc2cc(C(F)(F)F)ccc2Cl)cc1. The number of hydrogen-bond acceptors (Lipinski definition) is 4. The molecule has 0 saturated heterocycles. The van der Waals surface area contributed by atoms with Crippen molar-refractivity contribution in [3.63, 3.8) is 0 Å². The molecule has 2 aromatic carbocycles. The van der Waals surface area contributed by atoms with Gasteiger partial charge < -0.3 is 15.0 Å². The molecule has 2 N–H and O–H groups in total. The number of carbonyl (C=O) groups excluding carboxylic acids is 1. The molecule has 0 unspecified atom stereocenters. The number of aromatic nitrogens is 2. The first-order chi connectivity index (χ1) is 14.7. The number of hydrogen-bond donors (Lipinski definition) is 2. The van der Waals surface area contributed by atoms with Gasteiger partial charge in [-0.15, -0.1) is 0 Å². The van der Waals surface area contributed by atoms with Gasteiger partial charge in [-0.05, 0) is 30.7 Å². The van der Waals surface area contributed by atoms with E-state index in [9.17, 15) is 23.1 Å². The van der Waals surface area contributed by atoms with Crippen LogP contribution in [0.1, 0.15) is 22.4 Å². The summed E-state index contributed by atoms with van der Waals surface area (Å²) in [7, 11) is 0. The number of aliphatic hydroxyl groups excluding tert-OH is 1. The molecule has 5 nitrogen and oxygen atoms in total. The minimum absolute atomic E-state index is 0.00906. The van der Waals surface area contributed by atoms with Gasteiger partial charge in [0.05, 0.1) is 40.5 Å². The molecular weight excluding hydrogens is 451 g/mol. The van der Waals surface area contributed by atoms with Crippen molar-refractivity contribution in [2.24, 2.45) is 0 Å². The Hall–Kier alpha value is -2.49. The molecule has 1 amide bonds. The monoisotopic (exact) mass is 469 g/mol. The maximum atomic E-state index is 12.9. The number of benzene rings is 2. The van der Waals surface area contributed by atoms with Crippen molar-refractivity contribution in [3.8, 4) is 0 Å². The number of nitrogens with one attached hydrogen (secondary N) is 1. The largest absolute Gasteiger partial charge is 0.416 e. The molecule has 0 saturated carbocycles. The molecule has 3 aromatic rings. The maximum Gasteiger partial charge on any atom is 0.416 e.